The van der Waals surface area contributed by atoms with Crippen molar-refractivity contribution >= 4 is 69.1 Å². The van der Waals surface area contributed by atoms with E-state index < -0.39 is 0 Å². The van der Waals surface area contributed by atoms with E-state index in [0.717, 1.165) is 20.3 Å². The van der Waals surface area contributed by atoms with Crippen molar-refractivity contribution in [2.45, 2.75) is 11.7 Å². The van der Waals surface area contributed by atoms with Gasteiger partial charge in [0, 0.05) is 22.3 Å². The number of anilines is 1. The van der Waals surface area contributed by atoms with Crippen LogP contribution in [0.4, 0.5) is 5.69 Å². The number of halogens is 3. The molecule has 0 aliphatic heterocycles. The van der Waals surface area contributed by atoms with Crippen LogP contribution in [0.5, 0.6) is 5.75 Å². The number of thioether (sulfide) groups is 1. The molecule has 1 atom stereocenters. The van der Waals surface area contributed by atoms with Crippen LogP contribution in [0.2, 0.25) is 10.0 Å². The van der Waals surface area contributed by atoms with E-state index in [1.165, 1.54) is 11.8 Å². The number of rotatable bonds is 8. The Morgan fingerprint density at radius 2 is 1.87 bits per heavy atom. The van der Waals surface area contributed by atoms with Crippen molar-refractivity contribution in [3.05, 3.63) is 91.0 Å². The fourth-order valence-corrected chi connectivity index (χ4v) is 5.33. The number of hydrogen-bond acceptors (Lipinski definition) is 4. The van der Waals surface area contributed by atoms with Gasteiger partial charge in [-0.15, -0.1) is 11.8 Å². The van der Waals surface area contributed by atoms with Crippen molar-refractivity contribution in [1.82, 2.24) is 5.32 Å². The molecule has 0 radical (unpaired) electrons. The highest BCUT2D eigenvalue weighted by molar-refractivity contribution is 14.1. The Bertz CT molecular complexity index is 1080. The molecule has 0 saturated heterocycles. The van der Waals surface area contributed by atoms with Gasteiger partial charge < -0.3 is 16.2 Å². The smallest absolute Gasteiger partial charge is 0.230 e. The van der Waals surface area contributed by atoms with E-state index in [0.29, 0.717) is 28.7 Å². The first-order chi connectivity index (χ1) is 14.8. The summed E-state index contributed by atoms with van der Waals surface area (Å²) in [5.74, 6) is 0.432. The first-order valence-electron chi connectivity index (χ1n) is 9.50. The van der Waals surface area contributed by atoms with E-state index >= 15 is 0 Å². The quantitative estimate of drug-likeness (QED) is 0.221. The minimum atomic E-state index is -0.225. The number of nitrogen functional groups attached to an aromatic ring is 1. The van der Waals surface area contributed by atoms with E-state index in [4.69, 9.17) is 28.9 Å². The van der Waals surface area contributed by atoms with Crippen molar-refractivity contribution in [3.8, 4) is 5.75 Å². The zero-order chi connectivity index (χ0) is 22.4. The molecule has 162 valence electrons. The largest absolute Gasteiger partial charge is 0.507 e. The predicted molar refractivity (Wildman–Crippen MR) is 139 cm³/mol. The van der Waals surface area contributed by atoms with Crippen molar-refractivity contribution in [1.29, 1.82) is 0 Å². The average molecular weight is 587 g/mol. The van der Waals surface area contributed by atoms with Crippen LogP contribution < -0.4 is 11.1 Å². The fourth-order valence-electron chi connectivity index (χ4n) is 3.07. The monoisotopic (exact) mass is 586 g/mol. The van der Waals surface area contributed by atoms with Crippen LogP contribution in [0.15, 0.2) is 60.7 Å². The highest BCUT2D eigenvalue weighted by Gasteiger charge is 2.21. The Labute approximate surface area is 209 Å². The molecule has 3 rings (SSSR count). The molecule has 1 amide bonds. The van der Waals surface area contributed by atoms with E-state index in [-0.39, 0.29) is 22.7 Å². The third-order valence-electron chi connectivity index (χ3n) is 4.65. The number of hydrogen-bond donors (Lipinski definition) is 3. The lowest BCUT2D eigenvalue weighted by Crippen LogP contribution is -2.27. The van der Waals surface area contributed by atoms with Crippen molar-refractivity contribution < 1.29 is 9.90 Å². The molecule has 0 fully saturated rings. The third-order valence-corrected chi connectivity index (χ3v) is 7.36. The number of carbonyl (C=O) groups excluding carboxylic acids is 1. The van der Waals surface area contributed by atoms with Gasteiger partial charge in [0.15, 0.2) is 0 Å². The number of nitrogens with two attached hydrogens (primary N) is 1. The molecule has 0 bridgehead atoms. The summed E-state index contributed by atoms with van der Waals surface area (Å²) in [6.45, 7) is 0.510. The van der Waals surface area contributed by atoms with Gasteiger partial charge in [-0.2, -0.15) is 0 Å². The maximum Gasteiger partial charge on any atom is 0.230 e. The van der Waals surface area contributed by atoms with E-state index in [9.17, 15) is 9.90 Å². The highest BCUT2D eigenvalue weighted by Crippen LogP contribution is 2.42. The summed E-state index contributed by atoms with van der Waals surface area (Å²) in [5, 5.41) is 13.5. The first kappa shape index (κ1) is 24.0. The van der Waals surface area contributed by atoms with Gasteiger partial charge in [0.25, 0.3) is 0 Å². The molecule has 31 heavy (non-hydrogen) atoms. The van der Waals surface area contributed by atoms with Crippen LogP contribution in [0, 0.1) is 3.57 Å². The normalized spacial score (nSPS) is 11.8. The Morgan fingerprint density at radius 3 is 2.61 bits per heavy atom. The SMILES string of the molecule is Nc1ccc(Cl)cc1C(SCC(=O)NCCc1ccc(O)c(I)c1)c1ccccc1Cl. The molecular weight excluding hydrogens is 566 g/mol. The Balaban J connectivity index is 1.66. The number of phenolic OH excluding ortho intramolecular Hbond substituents is 1. The van der Waals surface area contributed by atoms with Crippen LogP contribution in [0.3, 0.4) is 0 Å². The van der Waals surface area contributed by atoms with E-state index in [2.05, 4.69) is 27.9 Å². The number of aromatic hydroxyl groups is 1. The molecule has 8 heteroatoms. The topological polar surface area (TPSA) is 75.4 Å². The van der Waals surface area contributed by atoms with Crippen molar-refractivity contribution in [3.63, 3.8) is 0 Å². The Morgan fingerprint density at radius 1 is 1.10 bits per heavy atom. The standard InChI is InChI=1S/C23H21Cl2IN2O2S/c24-15-6-7-20(27)17(12-15)23(16-3-1-2-4-18(16)25)31-13-22(30)28-10-9-14-5-8-21(29)19(26)11-14/h1-8,11-12,23,29H,9-10,13,27H2,(H,28,30). The molecule has 3 aromatic carbocycles. The van der Waals surface area contributed by atoms with Gasteiger partial charge in [0.05, 0.1) is 14.6 Å². The van der Waals surface area contributed by atoms with Gasteiger partial charge in [-0.25, -0.2) is 0 Å². The lowest BCUT2D eigenvalue weighted by molar-refractivity contribution is -0.118. The van der Waals surface area contributed by atoms with Crippen LogP contribution in [-0.4, -0.2) is 23.3 Å². The number of carbonyl (C=O) groups is 1. The van der Waals surface area contributed by atoms with Gasteiger partial charge in [-0.05, 0) is 82.1 Å². The minimum Gasteiger partial charge on any atom is -0.507 e. The van der Waals surface area contributed by atoms with Crippen molar-refractivity contribution in [2.24, 2.45) is 0 Å². The summed E-state index contributed by atoms with van der Waals surface area (Å²) in [6, 6.07) is 18.3. The van der Waals surface area contributed by atoms with Gasteiger partial charge in [-0.3, -0.25) is 4.79 Å². The molecule has 0 spiro atoms. The number of phenols is 1. The van der Waals surface area contributed by atoms with Crippen LogP contribution in [0.1, 0.15) is 21.9 Å². The van der Waals surface area contributed by atoms with Crippen molar-refractivity contribution in [2.75, 3.05) is 18.0 Å². The predicted octanol–water partition coefficient (Wildman–Crippen LogP) is 6.07. The molecule has 4 N–H and O–H groups in total. The first-order valence-corrected chi connectivity index (χ1v) is 12.4. The number of benzene rings is 3. The third kappa shape index (κ3) is 6.68. The summed E-state index contributed by atoms with van der Waals surface area (Å²) in [4.78, 5) is 12.5. The van der Waals surface area contributed by atoms with E-state index in [1.807, 2.05) is 42.5 Å². The number of nitrogens with one attached hydrogen (secondary N) is 1. The summed E-state index contributed by atoms with van der Waals surface area (Å²) in [7, 11) is 0. The van der Waals surface area contributed by atoms with Crippen LogP contribution in [-0.2, 0) is 11.2 Å². The maximum atomic E-state index is 12.5. The summed E-state index contributed by atoms with van der Waals surface area (Å²) in [6.07, 6.45) is 0.682. The lowest BCUT2D eigenvalue weighted by Gasteiger charge is -2.21. The zero-order valence-electron chi connectivity index (χ0n) is 16.4. The van der Waals surface area contributed by atoms with E-state index in [1.54, 1.807) is 18.2 Å². The van der Waals surface area contributed by atoms with Gasteiger partial charge in [0.1, 0.15) is 5.75 Å². The summed E-state index contributed by atoms with van der Waals surface area (Å²) in [5.41, 5.74) is 9.58. The van der Waals surface area contributed by atoms with Crippen LogP contribution >= 0.6 is 57.6 Å². The molecular formula is C23H21Cl2IN2O2S. The molecule has 0 aliphatic carbocycles. The molecule has 0 aliphatic rings. The molecule has 0 aromatic heterocycles. The molecule has 0 saturated carbocycles. The average Bonchev–Trinajstić information content (AvgIpc) is 2.74. The second kappa shape index (κ2) is 11.3. The molecule has 1 unspecified atom stereocenters. The Kier molecular flexibility index (Phi) is 8.77. The summed E-state index contributed by atoms with van der Waals surface area (Å²) < 4.78 is 0.790. The zero-order valence-corrected chi connectivity index (χ0v) is 20.9. The van der Waals surface area contributed by atoms with Gasteiger partial charge >= 0.3 is 0 Å². The highest BCUT2D eigenvalue weighted by atomic mass is 127. The molecule has 4 nitrogen and oxygen atoms in total. The van der Waals surface area contributed by atoms with Gasteiger partial charge in [0.2, 0.25) is 5.91 Å². The Hall–Kier alpha value is -1.61. The second-order valence-electron chi connectivity index (χ2n) is 6.87. The lowest BCUT2D eigenvalue weighted by atomic mass is 10.0. The minimum absolute atomic E-state index is 0.0730. The van der Waals surface area contributed by atoms with Crippen LogP contribution in [0.25, 0.3) is 0 Å². The molecule has 3 aromatic rings. The second-order valence-corrected chi connectivity index (χ2v) is 9.97. The summed E-state index contributed by atoms with van der Waals surface area (Å²) >= 11 is 16.2. The molecule has 0 heterocycles. The maximum absolute atomic E-state index is 12.5. The fraction of sp³-hybridized carbons (Fsp3) is 0.174. The number of amides is 1. The van der Waals surface area contributed by atoms with Gasteiger partial charge in [-0.1, -0.05) is 47.5 Å².